The number of hydrogen-bond donors (Lipinski definition) is 2. The number of ether oxygens (including phenoxy) is 1. The molecule has 1 unspecified atom stereocenters. The monoisotopic (exact) mass is 421 g/mol. The van der Waals surface area contributed by atoms with E-state index in [-0.39, 0.29) is 12.5 Å². The van der Waals surface area contributed by atoms with Crippen LogP contribution >= 0.6 is 0 Å². The van der Waals surface area contributed by atoms with Crippen molar-refractivity contribution in [3.05, 3.63) is 0 Å². The molecule has 0 aliphatic carbocycles. The van der Waals surface area contributed by atoms with E-state index in [1.54, 1.807) is 14.1 Å². The first-order valence-electron chi connectivity index (χ1n) is 10.3. The number of carbonyl (C=O) groups is 1. The Morgan fingerprint density at radius 3 is 2.48 bits per heavy atom. The molecule has 0 aromatic rings. The molecule has 2 aliphatic heterocycles. The van der Waals surface area contributed by atoms with Gasteiger partial charge in [-0.05, 0) is 44.7 Å². The molecule has 2 fully saturated rings. The molecule has 2 N–H and O–H groups in total. The Kier molecular flexibility index (Phi) is 9.48. The molecule has 0 radical (unpaired) electrons. The van der Waals surface area contributed by atoms with Crippen molar-refractivity contribution in [2.75, 3.05) is 66.6 Å². The van der Waals surface area contributed by atoms with E-state index in [4.69, 9.17) is 4.74 Å². The molecule has 0 spiro atoms. The fourth-order valence-electron chi connectivity index (χ4n) is 3.53. The van der Waals surface area contributed by atoms with Gasteiger partial charge in [-0.25, -0.2) is 4.99 Å². The minimum atomic E-state index is -4.13. The normalized spacial score (nSPS) is 22.0. The van der Waals surface area contributed by atoms with Gasteiger partial charge in [-0.2, -0.15) is 13.2 Å². The molecule has 2 saturated heterocycles. The zero-order chi connectivity index (χ0) is 21.3. The topological polar surface area (TPSA) is 69.2 Å². The van der Waals surface area contributed by atoms with Crippen molar-refractivity contribution in [3.8, 4) is 0 Å². The van der Waals surface area contributed by atoms with Gasteiger partial charge in [-0.15, -0.1) is 0 Å². The van der Waals surface area contributed by atoms with E-state index in [2.05, 4.69) is 15.6 Å². The second kappa shape index (κ2) is 11.6. The molecule has 1 atom stereocenters. The van der Waals surface area contributed by atoms with E-state index >= 15 is 0 Å². The number of piperidine rings is 1. The molecule has 10 heteroatoms. The predicted octanol–water partition coefficient (Wildman–Crippen LogP) is 1.31. The number of amides is 1. The lowest BCUT2D eigenvalue weighted by Gasteiger charge is -2.32. The summed E-state index contributed by atoms with van der Waals surface area (Å²) >= 11 is 0. The van der Waals surface area contributed by atoms with Crippen molar-refractivity contribution in [3.63, 3.8) is 0 Å². The van der Waals surface area contributed by atoms with Crippen LogP contribution in [0.3, 0.4) is 0 Å². The summed E-state index contributed by atoms with van der Waals surface area (Å²) in [6.45, 7) is 3.14. The number of guanidine groups is 1. The Balaban J connectivity index is 1.73. The lowest BCUT2D eigenvalue weighted by Crippen LogP contribution is -2.43. The minimum absolute atomic E-state index is 0.0688. The van der Waals surface area contributed by atoms with Gasteiger partial charge in [0, 0.05) is 39.7 Å². The number of rotatable bonds is 8. The van der Waals surface area contributed by atoms with E-state index < -0.39 is 12.7 Å². The summed E-state index contributed by atoms with van der Waals surface area (Å²) in [4.78, 5) is 19.2. The standard InChI is InChI=1S/C19H34F3N5O2/c1-26(2)17(28)12-25-18(24-11-16-6-10-29-13-16)23-7-3-15-4-8-27(9-5-15)14-19(20,21)22/h15-16H,3-14H2,1-2H3,(H2,23,24,25). The summed E-state index contributed by atoms with van der Waals surface area (Å²) in [6.07, 6.45) is -0.700. The zero-order valence-electron chi connectivity index (χ0n) is 17.4. The lowest BCUT2D eigenvalue weighted by atomic mass is 9.93. The highest BCUT2D eigenvalue weighted by Crippen LogP contribution is 2.23. The van der Waals surface area contributed by atoms with Gasteiger partial charge in [-0.3, -0.25) is 9.69 Å². The first kappa shape index (κ1) is 23.7. The third-order valence-corrected chi connectivity index (χ3v) is 5.41. The Bertz CT molecular complexity index is 528. The Morgan fingerprint density at radius 2 is 1.90 bits per heavy atom. The van der Waals surface area contributed by atoms with Crippen LogP contribution in [0.15, 0.2) is 4.99 Å². The number of halogens is 3. The maximum atomic E-state index is 12.5. The number of likely N-dealkylation sites (N-methyl/N-ethyl adjacent to an activating group) is 1. The van der Waals surface area contributed by atoms with Gasteiger partial charge in [-0.1, -0.05) is 0 Å². The summed E-state index contributed by atoms with van der Waals surface area (Å²) in [5.41, 5.74) is 0. The molecule has 2 aliphatic rings. The van der Waals surface area contributed by atoms with Crippen LogP contribution in [0.25, 0.3) is 0 Å². The van der Waals surface area contributed by atoms with Crippen molar-refractivity contribution < 1.29 is 22.7 Å². The number of carbonyl (C=O) groups excluding carboxylic acids is 1. The average molecular weight is 422 g/mol. The van der Waals surface area contributed by atoms with Gasteiger partial charge >= 0.3 is 6.18 Å². The summed E-state index contributed by atoms with van der Waals surface area (Å²) in [5, 5.41) is 6.55. The molecule has 7 nitrogen and oxygen atoms in total. The average Bonchev–Trinajstić information content (AvgIpc) is 3.16. The zero-order valence-corrected chi connectivity index (χ0v) is 17.4. The Hall–Kier alpha value is -1.55. The van der Waals surface area contributed by atoms with E-state index in [1.807, 2.05) is 0 Å². The molecule has 0 saturated carbocycles. The van der Waals surface area contributed by atoms with E-state index in [0.29, 0.717) is 37.4 Å². The summed E-state index contributed by atoms with van der Waals surface area (Å²) < 4.78 is 42.8. The van der Waals surface area contributed by atoms with Crippen LogP contribution in [0.5, 0.6) is 0 Å². The van der Waals surface area contributed by atoms with Crippen LogP contribution in [0.1, 0.15) is 25.7 Å². The number of hydrogen-bond acceptors (Lipinski definition) is 4. The van der Waals surface area contributed by atoms with E-state index in [1.165, 1.54) is 9.80 Å². The van der Waals surface area contributed by atoms with Crippen LogP contribution in [0.2, 0.25) is 0 Å². The molecule has 0 aromatic carbocycles. The van der Waals surface area contributed by atoms with E-state index in [9.17, 15) is 18.0 Å². The fourth-order valence-corrected chi connectivity index (χ4v) is 3.53. The van der Waals surface area contributed by atoms with Gasteiger partial charge < -0.3 is 20.3 Å². The Morgan fingerprint density at radius 1 is 1.17 bits per heavy atom. The molecular weight excluding hydrogens is 387 g/mol. The molecule has 2 rings (SSSR count). The quantitative estimate of drug-likeness (QED) is 0.457. The minimum Gasteiger partial charge on any atom is -0.381 e. The highest BCUT2D eigenvalue weighted by Gasteiger charge is 2.32. The number of likely N-dealkylation sites (tertiary alicyclic amines) is 1. The largest absolute Gasteiger partial charge is 0.401 e. The second-order valence-corrected chi connectivity index (χ2v) is 8.11. The smallest absolute Gasteiger partial charge is 0.381 e. The van der Waals surface area contributed by atoms with Crippen molar-refractivity contribution in [2.24, 2.45) is 16.8 Å². The van der Waals surface area contributed by atoms with E-state index in [0.717, 1.165) is 45.4 Å². The molecule has 0 bridgehead atoms. The summed E-state index contributed by atoms with van der Waals surface area (Å²) in [6, 6.07) is 0. The Labute approximate surface area is 171 Å². The maximum Gasteiger partial charge on any atom is 0.401 e. The number of nitrogens with zero attached hydrogens (tertiary/aromatic N) is 3. The maximum absolute atomic E-state index is 12.5. The third kappa shape index (κ3) is 9.66. The number of alkyl halides is 3. The molecule has 0 aromatic heterocycles. The van der Waals surface area contributed by atoms with Gasteiger partial charge in [0.15, 0.2) is 5.96 Å². The molecule has 29 heavy (non-hydrogen) atoms. The van der Waals surface area contributed by atoms with Gasteiger partial charge in [0.1, 0.15) is 6.54 Å². The highest BCUT2D eigenvalue weighted by atomic mass is 19.4. The number of aliphatic imine (C=N–C) groups is 1. The fraction of sp³-hybridized carbons (Fsp3) is 0.895. The summed E-state index contributed by atoms with van der Waals surface area (Å²) in [7, 11) is 3.39. The first-order valence-corrected chi connectivity index (χ1v) is 10.3. The van der Waals surface area contributed by atoms with Crippen LogP contribution in [-0.4, -0.2) is 94.4 Å². The van der Waals surface area contributed by atoms with Gasteiger partial charge in [0.25, 0.3) is 0 Å². The van der Waals surface area contributed by atoms with Crippen LogP contribution in [0.4, 0.5) is 13.2 Å². The van der Waals surface area contributed by atoms with Crippen LogP contribution < -0.4 is 10.6 Å². The molecule has 2 heterocycles. The number of nitrogens with one attached hydrogen (secondary N) is 2. The highest BCUT2D eigenvalue weighted by molar-refractivity contribution is 5.84. The van der Waals surface area contributed by atoms with Gasteiger partial charge in [0.2, 0.25) is 5.91 Å². The molecule has 1 amide bonds. The van der Waals surface area contributed by atoms with Crippen molar-refractivity contribution >= 4 is 11.9 Å². The summed E-state index contributed by atoms with van der Waals surface area (Å²) in [5.74, 6) is 1.36. The lowest BCUT2D eigenvalue weighted by molar-refractivity contribution is -0.148. The third-order valence-electron chi connectivity index (χ3n) is 5.41. The van der Waals surface area contributed by atoms with Gasteiger partial charge in [0.05, 0.1) is 13.2 Å². The molecule has 168 valence electrons. The van der Waals surface area contributed by atoms with Crippen molar-refractivity contribution in [1.29, 1.82) is 0 Å². The first-order chi connectivity index (χ1) is 13.7. The van der Waals surface area contributed by atoms with Crippen molar-refractivity contribution in [1.82, 2.24) is 20.4 Å². The molecular formula is C19H34F3N5O2. The van der Waals surface area contributed by atoms with Crippen molar-refractivity contribution in [2.45, 2.75) is 31.9 Å². The van der Waals surface area contributed by atoms with Crippen LogP contribution in [0, 0.1) is 11.8 Å². The SMILES string of the molecule is CN(C)C(=O)CN=C(NCCC1CCN(CC(F)(F)F)CC1)NCC1CCOC1. The second-order valence-electron chi connectivity index (χ2n) is 8.11. The predicted molar refractivity (Wildman–Crippen MR) is 106 cm³/mol. The van der Waals surface area contributed by atoms with Crippen LogP contribution in [-0.2, 0) is 9.53 Å².